The van der Waals surface area contributed by atoms with E-state index in [4.69, 9.17) is 11.5 Å². The van der Waals surface area contributed by atoms with E-state index in [9.17, 15) is 55.5 Å². The minimum Gasteiger partial charge on any atom is -0.472 e. The van der Waals surface area contributed by atoms with Crippen LogP contribution < -0.4 is 0 Å². The number of aliphatic carboxylic acids is 1. The molecule has 12 heteroatoms. The number of aliphatic hydroxyl groups is 9. The van der Waals surface area contributed by atoms with Gasteiger partial charge in [0.15, 0.2) is 6.10 Å². The Hall–Kier alpha value is -3.50. The third-order valence-electron chi connectivity index (χ3n) is 9.64. The van der Waals surface area contributed by atoms with Crippen molar-refractivity contribution in [2.75, 3.05) is 0 Å². The smallest absolute Gasteiger partial charge is 0.381 e. The molecule has 0 spiro atoms. The molecule has 0 aromatic rings. The summed E-state index contributed by atoms with van der Waals surface area (Å²) in [6, 6.07) is 0. The Bertz CT molecular complexity index is 1400. The quantitative estimate of drug-likeness (QED) is 0.0257. The number of ketones is 1. The van der Waals surface area contributed by atoms with E-state index in [0.29, 0.717) is 57.8 Å². The Balaban J connectivity index is 3.78. The van der Waals surface area contributed by atoms with Gasteiger partial charge in [0, 0.05) is 25.2 Å². The van der Waals surface area contributed by atoms with Gasteiger partial charge in [0.2, 0.25) is 0 Å². The third-order valence-corrected chi connectivity index (χ3v) is 9.64. The van der Waals surface area contributed by atoms with Gasteiger partial charge in [-0.25, -0.2) is 4.79 Å². The van der Waals surface area contributed by atoms with Crippen LogP contribution in [0.3, 0.4) is 0 Å². The Morgan fingerprint density at radius 3 is 1.69 bits per heavy atom. The highest BCUT2D eigenvalue weighted by Crippen LogP contribution is 2.15. The van der Waals surface area contributed by atoms with Gasteiger partial charge >= 0.3 is 5.97 Å². The maximum atomic E-state index is 12.2. The summed E-state index contributed by atoms with van der Waals surface area (Å²) in [4.78, 5) is 22.6. The van der Waals surface area contributed by atoms with E-state index in [1.807, 2.05) is 18.1 Å². The summed E-state index contributed by atoms with van der Waals surface area (Å²) >= 11 is 0. The SMILES string of the molecule is C#CC(O)C=CC(O)CCCC(O)C(O)C#CC(O)C#CCCCCC(=O)CCCCCC=CC(O)CCCCCCCCCCCCC(O)C(O)C(O)C#CC(=O)O. The van der Waals surface area contributed by atoms with Crippen LogP contribution in [-0.4, -0.2) is 118 Å². The van der Waals surface area contributed by atoms with Gasteiger partial charge in [-0.2, -0.15) is 0 Å². The van der Waals surface area contributed by atoms with Gasteiger partial charge in [0.25, 0.3) is 0 Å². The Morgan fingerprint density at radius 1 is 0.525 bits per heavy atom. The lowest BCUT2D eigenvalue weighted by Crippen LogP contribution is -2.36. The topological polar surface area (TPSA) is 236 Å². The number of terminal acetylenes is 1. The first-order valence-corrected chi connectivity index (χ1v) is 21.5. The molecule has 12 nitrogen and oxygen atoms in total. The fourth-order valence-electron chi connectivity index (χ4n) is 6.04. The Kier molecular flexibility index (Phi) is 35.3. The molecule has 59 heavy (non-hydrogen) atoms. The van der Waals surface area contributed by atoms with E-state index in [2.05, 4.69) is 29.6 Å². The van der Waals surface area contributed by atoms with Gasteiger partial charge in [-0.05, 0) is 70.3 Å². The fourth-order valence-corrected chi connectivity index (χ4v) is 6.04. The van der Waals surface area contributed by atoms with Crippen LogP contribution in [0.1, 0.15) is 154 Å². The predicted octanol–water partition coefficient (Wildman–Crippen LogP) is 4.01. The highest BCUT2D eigenvalue weighted by atomic mass is 16.4. The van der Waals surface area contributed by atoms with Gasteiger partial charge in [0.05, 0.1) is 24.4 Å². The average molecular weight is 829 g/mol. The summed E-state index contributed by atoms with van der Waals surface area (Å²) in [5.74, 6) is 14.9. The molecule has 0 heterocycles. The van der Waals surface area contributed by atoms with Gasteiger partial charge in [0.1, 0.15) is 30.2 Å². The van der Waals surface area contributed by atoms with E-state index >= 15 is 0 Å². The highest BCUT2D eigenvalue weighted by Gasteiger charge is 2.23. The molecule has 0 fully saturated rings. The molecule has 0 saturated carbocycles. The standard InChI is InChI=1S/C47H72O12/c1-2-37(48)31-32-41(52)28-22-30-42(53)43(54)34-33-40(51)27-20-15-14-19-26-39(50)25-18-12-9-11-17-24-38(49)23-16-10-7-5-3-4-6-8-13-21-29-44(55)47(59)45(56)35-36-46(57)58/h1,17,24,31-32,37-38,40-45,47-49,51-56,59H,3-16,18-19,21-23,25-26,28-30H2,(H,57,58). The highest BCUT2D eigenvalue weighted by molar-refractivity contribution is 5.86. The van der Waals surface area contributed by atoms with E-state index in [1.165, 1.54) is 12.2 Å². The molecule has 0 saturated heterocycles. The maximum absolute atomic E-state index is 12.2. The molecule has 0 amide bonds. The van der Waals surface area contributed by atoms with Gasteiger partial charge in [-0.1, -0.05) is 124 Å². The molecule has 9 atom stereocenters. The third kappa shape index (κ3) is 35.0. The number of aliphatic hydroxyl groups excluding tert-OH is 9. The molecular formula is C47H72O12. The molecule has 0 aliphatic rings. The summed E-state index contributed by atoms with van der Waals surface area (Å²) in [6.45, 7) is 0. The van der Waals surface area contributed by atoms with Crippen LogP contribution in [0.5, 0.6) is 0 Å². The molecule has 0 rings (SSSR count). The number of carbonyl (C=O) groups excluding carboxylic acids is 1. The van der Waals surface area contributed by atoms with Crippen molar-refractivity contribution in [3.8, 4) is 47.9 Å². The minimum atomic E-state index is -1.59. The molecule has 0 aliphatic carbocycles. The number of Topliss-reactive ketones (excluding diaryl/α,β-unsaturated/α-hetero) is 1. The van der Waals surface area contributed by atoms with E-state index in [-0.39, 0.29) is 12.2 Å². The van der Waals surface area contributed by atoms with E-state index in [0.717, 1.165) is 89.9 Å². The van der Waals surface area contributed by atoms with Gasteiger partial charge in [-0.3, -0.25) is 4.79 Å². The first kappa shape index (κ1) is 55.5. The summed E-state index contributed by atoms with van der Waals surface area (Å²) < 4.78 is 0. The van der Waals surface area contributed by atoms with E-state index < -0.39 is 60.9 Å². The number of carbonyl (C=O) groups is 2. The van der Waals surface area contributed by atoms with Gasteiger partial charge < -0.3 is 51.1 Å². The first-order chi connectivity index (χ1) is 28.3. The van der Waals surface area contributed by atoms with Crippen LogP contribution >= 0.6 is 0 Å². The summed E-state index contributed by atoms with van der Waals surface area (Å²) in [5, 5.41) is 97.2. The number of carboxylic acids is 1. The van der Waals surface area contributed by atoms with Crippen molar-refractivity contribution in [1.82, 2.24) is 0 Å². The normalized spacial score (nSPS) is 15.9. The molecule has 0 aromatic carbocycles. The molecule has 332 valence electrons. The van der Waals surface area contributed by atoms with Crippen molar-refractivity contribution in [2.24, 2.45) is 0 Å². The number of carboxylic acid groups (broad SMARTS) is 1. The van der Waals surface area contributed by atoms with Crippen molar-refractivity contribution < 1.29 is 60.7 Å². The van der Waals surface area contributed by atoms with Crippen LogP contribution in [0.15, 0.2) is 24.3 Å². The van der Waals surface area contributed by atoms with Crippen LogP contribution in [0.4, 0.5) is 0 Å². The number of unbranched alkanes of at least 4 members (excludes halogenated alkanes) is 14. The van der Waals surface area contributed by atoms with Crippen molar-refractivity contribution >= 4 is 11.8 Å². The summed E-state index contributed by atoms with van der Waals surface area (Å²) in [7, 11) is 0. The van der Waals surface area contributed by atoms with Crippen LogP contribution in [0.2, 0.25) is 0 Å². The van der Waals surface area contributed by atoms with Crippen molar-refractivity contribution in [1.29, 1.82) is 0 Å². The average Bonchev–Trinajstić information content (AvgIpc) is 3.21. The zero-order valence-corrected chi connectivity index (χ0v) is 34.8. The molecular weight excluding hydrogens is 757 g/mol. The van der Waals surface area contributed by atoms with Crippen LogP contribution in [0.25, 0.3) is 0 Å². The molecule has 0 aromatic heterocycles. The Morgan fingerprint density at radius 2 is 1.07 bits per heavy atom. The molecule has 0 bridgehead atoms. The van der Waals surface area contributed by atoms with Crippen molar-refractivity contribution in [2.45, 2.75) is 209 Å². The van der Waals surface area contributed by atoms with Crippen molar-refractivity contribution in [3.05, 3.63) is 24.3 Å². The second-order valence-electron chi connectivity index (χ2n) is 15.0. The molecule has 9 unspecified atom stereocenters. The Labute approximate surface area is 352 Å². The number of allylic oxidation sites excluding steroid dienone is 1. The van der Waals surface area contributed by atoms with Crippen LogP contribution in [-0.2, 0) is 9.59 Å². The number of hydrogen-bond donors (Lipinski definition) is 10. The predicted molar refractivity (Wildman–Crippen MR) is 228 cm³/mol. The second kappa shape index (κ2) is 37.5. The maximum Gasteiger partial charge on any atom is 0.381 e. The largest absolute Gasteiger partial charge is 0.472 e. The first-order valence-electron chi connectivity index (χ1n) is 21.5. The second-order valence-corrected chi connectivity index (χ2v) is 15.0. The number of hydrogen-bond acceptors (Lipinski definition) is 11. The van der Waals surface area contributed by atoms with Crippen LogP contribution in [0, 0.1) is 47.9 Å². The molecule has 10 N–H and O–H groups in total. The van der Waals surface area contributed by atoms with Crippen molar-refractivity contribution in [3.63, 3.8) is 0 Å². The monoisotopic (exact) mass is 829 g/mol. The summed E-state index contributed by atoms with van der Waals surface area (Å²) in [5.41, 5.74) is 0. The number of rotatable bonds is 33. The lowest BCUT2D eigenvalue weighted by molar-refractivity contribution is -0.130. The zero-order chi connectivity index (χ0) is 44.1. The molecule has 0 aliphatic heterocycles. The zero-order valence-electron chi connectivity index (χ0n) is 34.8. The summed E-state index contributed by atoms with van der Waals surface area (Å²) in [6.07, 6.45) is 20.2. The minimum absolute atomic E-state index is 0.178. The van der Waals surface area contributed by atoms with E-state index in [1.54, 1.807) is 5.92 Å². The molecule has 0 radical (unpaired) electrons. The lowest BCUT2D eigenvalue weighted by atomic mass is 10.0. The lowest BCUT2D eigenvalue weighted by Gasteiger charge is -2.19. The van der Waals surface area contributed by atoms with Gasteiger partial charge in [-0.15, -0.1) is 6.42 Å². The fraction of sp³-hybridized carbons (Fsp3) is 0.702.